The fraction of sp³-hybridized carbons (Fsp3) is 0.579. The number of nitrogens with one attached hydrogen (secondary N) is 1. The van der Waals surface area contributed by atoms with Gasteiger partial charge in [-0.2, -0.15) is 0 Å². The van der Waals surface area contributed by atoms with Crippen molar-refractivity contribution in [1.29, 1.82) is 0 Å². The molecule has 0 spiro atoms. The molecule has 1 aromatic carbocycles. The Bertz CT molecular complexity index is 643. The standard InChI is InChI=1S/C19H28ClFN4O2/c1-14(2)22-18(26)12-24-7-9-25(10-8-24)19(27)13-23(3)11-15-16(20)5-4-6-17(15)21/h4-6,14H,7-13H2,1-3H3,(H,22,26). The molecule has 6 nitrogen and oxygen atoms in total. The number of benzene rings is 1. The molecule has 27 heavy (non-hydrogen) atoms. The molecule has 1 N–H and O–H groups in total. The second-order valence-corrected chi connectivity index (χ2v) is 7.66. The second-order valence-electron chi connectivity index (χ2n) is 7.25. The van der Waals surface area contributed by atoms with Crippen LogP contribution >= 0.6 is 11.6 Å². The maximum atomic E-state index is 13.9. The summed E-state index contributed by atoms with van der Waals surface area (Å²) in [5, 5.41) is 3.24. The number of hydrogen-bond acceptors (Lipinski definition) is 4. The van der Waals surface area contributed by atoms with E-state index in [9.17, 15) is 14.0 Å². The first-order chi connectivity index (χ1) is 12.8. The van der Waals surface area contributed by atoms with Crippen molar-refractivity contribution in [2.24, 2.45) is 0 Å². The molecule has 0 saturated carbocycles. The van der Waals surface area contributed by atoms with Crippen molar-refractivity contribution in [2.45, 2.75) is 26.4 Å². The van der Waals surface area contributed by atoms with E-state index in [0.29, 0.717) is 43.3 Å². The van der Waals surface area contributed by atoms with Crippen molar-refractivity contribution < 1.29 is 14.0 Å². The zero-order valence-corrected chi connectivity index (χ0v) is 16.9. The number of carbonyl (C=O) groups is 2. The van der Waals surface area contributed by atoms with Crippen LogP contribution in [-0.4, -0.2) is 78.9 Å². The van der Waals surface area contributed by atoms with Crippen molar-refractivity contribution in [1.82, 2.24) is 20.0 Å². The van der Waals surface area contributed by atoms with Gasteiger partial charge in [0, 0.05) is 49.4 Å². The number of amides is 2. The van der Waals surface area contributed by atoms with Gasteiger partial charge in [0.1, 0.15) is 5.82 Å². The Morgan fingerprint density at radius 3 is 2.52 bits per heavy atom. The van der Waals surface area contributed by atoms with Gasteiger partial charge in [-0.25, -0.2) is 4.39 Å². The SMILES string of the molecule is CC(C)NC(=O)CN1CCN(C(=O)CN(C)Cc2c(F)cccc2Cl)CC1. The van der Waals surface area contributed by atoms with Crippen LogP contribution in [0.5, 0.6) is 0 Å². The minimum atomic E-state index is -0.366. The normalized spacial score (nSPS) is 15.4. The summed E-state index contributed by atoms with van der Waals surface area (Å²) < 4.78 is 13.9. The van der Waals surface area contributed by atoms with E-state index in [-0.39, 0.29) is 36.8 Å². The highest BCUT2D eigenvalue weighted by molar-refractivity contribution is 6.31. The molecule has 0 unspecified atom stereocenters. The molecule has 1 heterocycles. The molecule has 0 atom stereocenters. The fourth-order valence-corrected chi connectivity index (χ4v) is 3.29. The van der Waals surface area contributed by atoms with E-state index in [1.54, 1.807) is 29.0 Å². The lowest BCUT2D eigenvalue weighted by molar-refractivity contribution is -0.134. The van der Waals surface area contributed by atoms with Crippen LogP contribution in [0, 0.1) is 5.82 Å². The summed E-state index contributed by atoms with van der Waals surface area (Å²) in [6.45, 7) is 7.18. The summed E-state index contributed by atoms with van der Waals surface area (Å²) >= 11 is 6.05. The first-order valence-electron chi connectivity index (χ1n) is 9.17. The van der Waals surface area contributed by atoms with Crippen molar-refractivity contribution in [3.05, 3.63) is 34.6 Å². The third kappa shape index (κ3) is 6.75. The molecular formula is C19H28ClFN4O2. The van der Waals surface area contributed by atoms with Crippen molar-refractivity contribution >= 4 is 23.4 Å². The molecular weight excluding hydrogens is 371 g/mol. The summed E-state index contributed by atoms with van der Waals surface area (Å²) in [7, 11) is 1.77. The Morgan fingerprint density at radius 1 is 1.26 bits per heavy atom. The Morgan fingerprint density at radius 2 is 1.93 bits per heavy atom. The van der Waals surface area contributed by atoms with Gasteiger partial charge in [0.25, 0.3) is 0 Å². The zero-order chi connectivity index (χ0) is 20.0. The van der Waals surface area contributed by atoms with E-state index in [2.05, 4.69) is 5.32 Å². The van der Waals surface area contributed by atoms with E-state index >= 15 is 0 Å². The van der Waals surface area contributed by atoms with Crippen LogP contribution < -0.4 is 5.32 Å². The Hall–Kier alpha value is -1.70. The summed E-state index contributed by atoms with van der Waals surface area (Å²) in [4.78, 5) is 29.9. The molecule has 0 radical (unpaired) electrons. The molecule has 1 aliphatic heterocycles. The van der Waals surface area contributed by atoms with Gasteiger partial charge in [0.2, 0.25) is 11.8 Å². The number of piperazine rings is 1. The molecule has 150 valence electrons. The third-order valence-corrected chi connectivity index (χ3v) is 4.79. The first kappa shape index (κ1) is 21.6. The fourth-order valence-electron chi connectivity index (χ4n) is 3.07. The molecule has 0 aliphatic carbocycles. The highest BCUT2D eigenvalue weighted by Crippen LogP contribution is 2.20. The number of halogens is 2. The van der Waals surface area contributed by atoms with Crippen LogP contribution in [0.1, 0.15) is 19.4 Å². The molecule has 1 aliphatic rings. The Balaban J connectivity index is 1.78. The highest BCUT2D eigenvalue weighted by Gasteiger charge is 2.23. The van der Waals surface area contributed by atoms with Crippen LogP contribution in [0.2, 0.25) is 5.02 Å². The largest absolute Gasteiger partial charge is 0.353 e. The van der Waals surface area contributed by atoms with Crippen molar-refractivity contribution in [2.75, 3.05) is 46.3 Å². The van der Waals surface area contributed by atoms with E-state index < -0.39 is 0 Å². The van der Waals surface area contributed by atoms with Crippen molar-refractivity contribution in [3.63, 3.8) is 0 Å². The summed E-state index contributed by atoms with van der Waals surface area (Å²) in [6, 6.07) is 4.70. The third-order valence-electron chi connectivity index (χ3n) is 4.44. The van der Waals surface area contributed by atoms with Gasteiger partial charge in [-0.15, -0.1) is 0 Å². The highest BCUT2D eigenvalue weighted by atomic mass is 35.5. The zero-order valence-electron chi connectivity index (χ0n) is 16.2. The van der Waals surface area contributed by atoms with Gasteiger partial charge in [0.05, 0.1) is 13.1 Å². The lowest BCUT2D eigenvalue weighted by atomic mass is 10.2. The number of hydrogen-bond donors (Lipinski definition) is 1. The van der Waals surface area contributed by atoms with E-state index in [1.165, 1.54) is 6.07 Å². The summed E-state index contributed by atoms with van der Waals surface area (Å²) in [5.41, 5.74) is 0.399. The molecule has 1 fully saturated rings. The van der Waals surface area contributed by atoms with Gasteiger partial charge in [-0.3, -0.25) is 19.4 Å². The maximum absolute atomic E-state index is 13.9. The average Bonchev–Trinajstić information content (AvgIpc) is 2.58. The molecule has 1 aromatic rings. The van der Waals surface area contributed by atoms with E-state index in [1.807, 2.05) is 18.7 Å². The van der Waals surface area contributed by atoms with Crippen LogP contribution in [0.15, 0.2) is 18.2 Å². The number of nitrogens with zero attached hydrogens (tertiary/aromatic N) is 3. The van der Waals surface area contributed by atoms with Gasteiger partial charge in [-0.1, -0.05) is 17.7 Å². The number of carbonyl (C=O) groups excluding carboxylic acids is 2. The van der Waals surface area contributed by atoms with Gasteiger partial charge in [0.15, 0.2) is 0 Å². The second kappa shape index (κ2) is 10.0. The quantitative estimate of drug-likeness (QED) is 0.757. The van der Waals surface area contributed by atoms with Crippen LogP contribution in [0.25, 0.3) is 0 Å². The Kier molecular flexibility index (Phi) is 8.01. The summed E-state index contributed by atoms with van der Waals surface area (Å²) in [5.74, 6) is -0.363. The van der Waals surface area contributed by atoms with Crippen LogP contribution in [0.4, 0.5) is 4.39 Å². The molecule has 8 heteroatoms. The smallest absolute Gasteiger partial charge is 0.236 e. The van der Waals surface area contributed by atoms with Gasteiger partial charge < -0.3 is 10.2 Å². The number of rotatable bonds is 7. The van der Waals surface area contributed by atoms with E-state index in [0.717, 1.165) is 0 Å². The maximum Gasteiger partial charge on any atom is 0.236 e. The molecule has 2 rings (SSSR count). The van der Waals surface area contributed by atoms with Crippen LogP contribution in [-0.2, 0) is 16.1 Å². The van der Waals surface area contributed by atoms with E-state index in [4.69, 9.17) is 11.6 Å². The topological polar surface area (TPSA) is 55.9 Å². The minimum Gasteiger partial charge on any atom is -0.353 e. The Labute approximate surface area is 165 Å². The lowest BCUT2D eigenvalue weighted by Crippen LogP contribution is -2.53. The first-order valence-corrected chi connectivity index (χ1v) is 9.55. The molecule has 2 amide bonds. The average molecular weight is 399 g/mol. The monoisotopic (exact) mass is 398 g/mol. The molecule has 0 aromatic heterocycles. The minimum absolute atomic E-state index is 0.00348. The molecule has 1 saturated heterocycles. The predicted octanol–water partition coefficient (Wildman–Crippen LogP) is 1.58. The molecule has 0 bridgehead atoms. The van der Waals surface area contributed by atoms with Gasteiger partial charge >= 0.3 is 0 Å². The number of likely N-dealkylation sites (N-methyl/N-ethyl adjacent to an activating group) is 1. The lowest BCUT2D eigenvalue weighted by Gasteiger charge is -2.35. The summed E-state index contributed by atoms with van der Waals surface area (Å²) in [6.07, 6.45) is 0. The predicted molar refractivity (Wildman–Crippen MR) is 104 cm³/mol. The van der Waals surface area contributed by atoms with Crippen molar-refractivity contribution in [3.8, 4) is 0 Å². The van der Waals surface area contributed by atoms with Gasteiger partial charge in [-0.05, 0) is 33.0 Å². The van der Waals surface area contributed by atoms with Crippen LogP contribution in [0.3, 0.4) is 0 Å².